The number of hydrogen-bond donors (Lipinski definition) is 0. The zero-order valence-corrected chi connectivity index (χ0v) is 8.23. The highest BCUT2D eigenvalue weighted by atomic mass is 16.5. The Balaban J connectivity index is 2.81. The standard InChI is InChI=1S/C11H10O4/c1-8(13)7-15-11(14)10-5-3-2-4-9(10)6-12/h2-6H,7H2,1H3. The van der Waals surface area contributed by atoms with E-state index in [9.17, 15) is 14.4 Å². The van der Waals surface area contributed by atoms with E-state index >= 15 is 0 Å². The van der Waals surface area contributed by atoms with Crippen LogP contribution in [0.25, 0.3) is 0 Å². The topological polar surface area (TPSA) is 60.4 Å². The number of aldehydes is 1. The van der Waals surface area contributed by atoms with Gasteiger partial charge in [0.15, 0.2) is 12.1 Å². The first kappa shape index (κ1) is 11.1. The lowest BCUT2D eigenvalue weighted by Gasteiger charge is -2.03. The molecule has 1 aromatic carbocycles. The summed E-state index contributed by atoms with van der Waals surface area (Å²) in [6.07, 6.45) is 0.574. The number of carbonyl (C=O) groups is 3. The highest BCUT2D eigenvalue weighted by Gasteiger charge is 2.11. The van der Waals surface area contributed by atoms with Gasteiger partial charge < -0.3 is 4.74 Å². The summed E-state index contributed by atoms with van der Waals surface area (Å²) in [7, 11) is 0. The van der Waals surface area contributed by atoms with Crippen LogP contribution in [0.2, 0.25) is 0 Å². The predicted molar refractivity (Wildman–Crippen MR) is 52.8 cm³/mol. The van der Waals surface area contributed by atoms with E-state index < -0.39 is 5.97 Å². The van der Waals surface area contributed by atoms with Crippen molar-refractivity contribution >= 4 is 18.0 Å². The van der Waals surface area contributed by atoms with E-state index in [1.165, 1.54) is 19.1 Å². The highest BCUT2D eigenvalue weighted by Crippen LogP contribution is 2.07. The van der Waals surface area contributed by atoms with Crippen LogP contribution in [0, 0.1) is 0 Å². The lowest BCUT2D eigenvalue weighted by Crippen LogP contribution is -2.12. The van der Waals surface area contributed by atoms with Crippen molar-refractivity contribution in [2.75, 3.05) is 6.61 Å². The van der Waals surface area contributed by atoms with Gasteiger partial charge in [-0.3, -0.25) is 9.59 Å². The Bertz CT molecular complexity index is 395. The van der Waals surface area contributed by atoms with Crippen LogP contribution in [0.15, 0.2) is 24.3 Å². The van der Waals surface area contributed by atoms with Gasteiger partial charge in [-0.1, -0.05) is 18.2 Å². The van der Waals surface area contributed by atoms with Gasteiger partial charge in [-0.2, -0.15) is 0 Å². The van der Waals surface area contributed by atoms with Crippen molar-refractivity contribution in [2.45, 2.75) is 6.92 Å². The van der Waals surface area contributed by atoms with Gasteiger partial charge in [0, 0.05) is 5.56 Å². The molecule has 0 fully saturated rings. The molecule has 0 saturated heterocycles. The van der Waals surface area contributed by atoms with Crippen LogP contribution in [0.1, 0.15) is 27.6 Å². The first-order valence-corrected chi connectivity index (χ1v) is 4.36. The summed E-state index contributed by atoms with van der Waals surface area (Å²) in [5.41, 5.74) is 0.430. The number of hydrogen-bond acceptors (Lipinski definition) is 4. The summed E-state index contributed by atoms with van der Waals surface area (Å²) < 4.78 is 4.68. The molecule has 1 aromatic rings. The third-order valence-corrected chi connectivity index (χ3v) is 1.71. The first-order valence-electron chi connectivity index (χ1n) is 4.36. The maximum atomic E-state index is 11.4. The Kier molecular flexibility index (Phi) is 3.74. The molecule has 0 heterocycles. The molecule has 0 amide bonds. The lowest BCUT2D eigenvalue weighted by molar-refractivity contribution is -0.120. The third-order valence-electron chi connectivity index (χ3n) is 1.71. The van der Waals surface area contributed by atoms with Crippen LogP contribution in [0.4, 0.5) is 0 Å². The molecule has 0 unspecified atom stereocenters. The summed E-state index contributed by atoms with van der Waals surface area (Å²) in [5.74, 6) is -0.903. The van der Waals surface area contributed by atoms with Crippen molar-refractivity contribution in [1.29, 1.82) is 0 Å². The van der Waals surface area contributed by atoms with Gasteiger partial charge in [0.05, 0.1) is 5.56 Å². The van der Waals surface area contributed by atoms with E-state index in [-0.39, 0.29) is 23.5 Å². The van der Waals surface area contributed by atoms with Crippen molar-refractivity contribution in [3.05, 3.63) is 35.4 Å². The predicted octanol–water partition coefficient (Wildman–Crippen LogP) is 1.24. The minimum absolute atomic E-state index is 0.175. The van der Waals surface area contributed by atoms with Crippen LogP contribution in [0.3, 0.4) is 0 Å². The van der Waals surface area contributed by atoms with Crippen molar-refractivity contribution in [3.63, 3.8) is 0 Å². The van der Waals surface area contributed by atoms with E-state index in [1.807, 2.05) is 0 Å². The Morgan fingerprint density at radius 2 is 2.00 bits per heavy atom. The molecule has 0 bridgehead atoms. The summed E-state index contributed by atoms with van der Waals surface area (Å²) in [6.45, 7) is 1.05. The van der Waals surface area contributed by atoms with Gasteiger partial charge in [-0.05, 0) is 13.0 Å². The Hall–Kier alpha value is -1.97. The van der Waals surface area contributed by atoms with Crippen molar-refractivity contribution in [2.24, 2.45) is 0 Å². The molecular formula is C11H10O4. The largest absolute Gasteiger partial charge is 0.454 e. The van der Waals surface area contributed by atoms with Crippen molar-refractivity contribution in [1.82, 2.24) is 0 Å². The monoisotopic (exact) mass is 206 g/mol. The molecule has 0 aliphatic rings. The quantitative estimate of drug-likeness (QED) is 0.549. The van der Waals surface area contributed by atoms with E-state index in [1.54, 1.807) is 12.1 Å². The second-order valence-corrected chi connectivity index (χ2v) is 2.98. The van der Waals surface area contributed by atoms with Crippen LogP contribution in [0.5, 0.6) is 0 Å². The smallest absolute Gasteiger partial charge is 0.339 e. The third kappa shape index (κ3) is 3.02. The zero-order valence-electron chi connectivity index (χ0n) is 8.23. The fraction of sp³-hybridized carbons (Fsp3) is 0.182. The van der Waals surface area contributed by atoms with E-state index in [2.05, 4.69) is 4.74 Å². The number of rotatable bonds is 4. The van der Waals surface area contributed by atoms with Crippen LogP contribution in [-0.2, 0) is 9.53 Å². The summed E-state index contributed by atoms with van der Waals surface area (Å²) in [5, 5.41) is 0. The molecule has 4 nitrogen and oxygen atoms in total. The molecule has 0 saturated carbocycles. The van der Waals surface area contributed by atoms with Crippen LogP contribution in [-0.4, -0.2) is 24.6 Å². The Morgan fingerprint density at radius 1 is 1.33 bits per heavy atom. The second kappa shape index (κ2) is 5.05. The number of benzene rings is 1. The molecule has 0 aliphatic carbocycles. The first-order chi connectivity index (χ1) is 7.15. The van der Waals surface area contributed by atoms with Crippen LogP contribution < -0.4 is 0 Å². The SMILES string of the molecule is CC(=O)COC(=O)c1ccccc1C=O. The molecule has 4 heteroatoms. The van der Waals surface area contributed by atoms with Crippen molar-refractivity contribution in [3.8, 4) is 0 Å². The van der Waals surface area contributed by atoms with Crippen LogP contribution >= 0.6 is 0 Å². The van der Waals surface area contributed by atoms with E-state index in [0.29, 0.717) is 6.29 Å². The van der Waals surface area contributed by atoms with Gasteiger partial charge in [0.2, 0.25) is 0 Å². The number of carbonyl (C=O) groups excluding carboxylic acids is 3. The molecule has 0 atom stereocenters. The van der Waals surface area contributed by atoms with Gasteiger partial charge in [-0.15, -0.1) is 0 Å². The van der Waals surface area contributed by atoms with E-state index in [0.717, 1.165) is 0 Å². The summed E-state index contributed by atoms with van der Waals surface area (Å²) in [6, 6.07) is 6.26. The molecule has 0 aromatic heterocycles. The molecular weight excluding hydrogens is 196 g/mol. The van der Waals surface area contributed by atoms with Gasteiger partial charge in [0.25, 0.3) is 0 Å². The molecule has 0 spiro atoms. The molecule has 0 aliphatic heterocycles. The fourth-order valence-corrected chi connectivity index (χ4v) is 1.03. The fourth-order valence-electron chi connectivity index (χ4n) is 1.03. The number of ether oxygens (including phenoxy) is 1. The summed E-state index contributed by atoms with van der Waals surface area (Å²) >= 11 is 0. The Morgan fingerprint density at radius 3 is 2.60 bits per heavy atom. The molecule has 1 rings (SSSR count). The minimum Gasteiger partial charge on any atom is -0.454 e. The maximum absolute atomic E-state index is 11.4. The number of ketones is 1. The van der Waals surface area contributed by atoms with Crippen molar-refractivity contribution < 1.29 is 19.1 Å². The number of esters is 1. The summed E-state index contributed by atoms with van der Waals surface area (Å²) in [4.78, 5) is 32.6. The minimum atomic E-state index is -0.659. The number of Topliss-reactive ketones (excluding diaryl/α,β-unsaturated/α-hetero) is 1. The highest BCUT2D eigenvalue weighted by molar-refractivity contribution is 5.98. The molecule has 0 N–H and O–H groups in total. The van der Waals surface area contributed by atoms with Gasteiger partial charge >= 0.3 is 5.97 Å². The normalized spacial score (nSPS) is 9.40. The molecule has 0 radical (unpaired) electrons. The van der Waals surface area contributed by atoms with E-state index in [4.69, 9.17) is 0 Å². The Labute approximate surface area is 86.9 Å². The maximum Gasteiger partial charge on any atom is 0.339 e. The molecule has 15 heavy (non-hydrogen) atoms. The zero-order chi connectivity index (χ0) is 11.3. The van der Waals surface area contributed by atoms with Gasteiger partial charge in [0.1, 0.15) is 6.61 Å². The van der Waals surface area contributed by atoms with Gasteiger partial charge in [-0.25, -0.2) is 4.79 Å². The second-order valence-electron chi connectivity index (χ2n) is 2.98. The average molecular weight is 206 g/mol. The lowest BCUT2D eigenvalue weighted by atomic mass is 10.1. The molecule has 78 valence electrons. The average Bonchev–Trinajstić information content (AvgIpc) is 2.25.